The van der Waals surface area contributed by atoms with Gasteiger partial charge in [-0.3, -0.25) is 0 Å². The van der Waals surface area contributed by atoms with Crippen LogP contribution in [0.1, 0.15) is 38.8 Å². The van der Waals surface area contributed by atoms with Crippen molar-refractivity contribution in [3.05, 3.63) is 35.4 Å². The molecule has 1 saturated heterocycles. The molecule has 0 bridgehead atoms. The number of ether oxygens (including phenoxy) is 1. The summed E-state index contributed by atoms with van der Waals surface area (Å²) >= 11 is 0. The highest BCUT2D eigenvalue weighted by molar-refractivity contribution is 5.69. The fraction of sp³-hybridized carbons (Fsp3) is 0.611. The van der Waals surface area contributed by atoms with Crippen LogP contribution in [-0.2, 0) is 17.3 Å². The molecule has 1 aliphatic rings. The van der Waals surface area contributed by atoms with Crippen molar-refractivity contribution in [2.75, 3.05) is 13.1 Å². The smallest absolute Gasteiger partial charge is 0.416 e. The van der Waals surface area contributed by atoms with Crippen molar-refractivity contribution in [3.63, 3.8) is 0 Å². The third-order valence-corrected chi connectivity index (χ3v) is 4.18. The van der Waals surface area contributed by atoms with E-state index >= 15 is 0 Å². The molecule has 1 atom stereocenters. The molecule has 6 heteroatoms. The Morgan fingerprint density at radius 3 is 2.46 bits per heavy atom. The molecule has 0 aromatic heterocycles. The highest BCUT2D eigenvalue weighted by atomic mass is 19.4. The van der Waals surface area contributed by atoms with Crippen molar-refractivity contribution in [2.24, 2.45) is 11.8 Å². The molecule has 3 nitrogen and oxygen atoms in total. The van der Waals surface area contributed by atoms with Crippen molar-refractivity contribution < 1.29 is 22.7 Å². The largest absolute Gasteiger partial charge is 0.444 e. The van der Waals surface area contributed by atoms with Crippen molar-refractivity contribution >= 4 is 6.09 Å². The normalized spacial score (nSPS) is 17.4. The van der Waals surface area contributed by atoms with Gasteiger partial charge in [-0.2, -0.15) is 13.2 Å². The number of hydrogen-bond acceptors (Lipinski definition) is 2. The number of carbonyl (C=O) groups is 1. The third kappa shape index (κ3) is 4.89. The summed E-state index contributed by atoms with van der Waals surface area (Å²) in [6.07, 6.45) is -4.08. The summed E-state index contributed by atoms with van der Waals surface area (Å²) in [4.78, 5) is 13.5. The summed E-state index contributed by atoms with van der Waals surface area (Å²) < 4.78 is 43.6. The van der Waals surface area contributed by atoms with Crippen LogP contribution in [0.3, 0.4) is 0 Å². The number of amides is 1. The van der Waals surface area contributed by atoms with Gasteiger partial charge in [-0.15, -0.1) is 0 Å². The maximum atomic E-state index is 12.8. The Hall–Kier alpha value is -1.72. The van der Waals surface area contributed by atoms with Crippen LogP contribution < -0.4 is 0 Å². The van der Waals surface area contributed by atoms with Crippen LogP contribution >= 0.6 is 0 Å². The Morgan fingerprint density at radius 2 is 1.92 bits per heavy atom. The fourth-order valence-electron chi connectivity index (χ4n) is 2.76. The first kappa shape index (κ1) is 18.6. The molecule has 1 unspecified atom stereocenters. The van der Waals surface area contributed by atoms with Gasteiger partial charge >= 0.3 is 12.3 Å². The molecule has 1 aromatic carbocycles. The van der Waals surface area contributed by atoms with Crippen LogP contribution in [-0.4, -0.2) is 29.7 Å². The number of halogens is 3. The van der Waals surface area contributed by atoms with Gasteiger partial charge < -0.3 is 9.64 Å². The minimum Gasteiger partial charge on any atom is -0.444 e. The van der Waals surface area contributed by atoms with E-state index in [1.165, 1.54) is 12.1 Å². The molecule has 0 aliphatic carbocycles. The van der Waals surface area contributed by atoms with E-state index in [4.69, 9.17) is 4.74 Å². The zero-order valence-corrected chi connectivity index (χ0v) is 14.5. The molecule has 1 aromatic rings. The second-order valence-corrected chi connectivity index (χ2v) is 7.52. The second kappa shape index (κ2) is 6.65. The lowest BCUT2D eigenvalue weighted by molar-refractivity contribution is -0.137. The first-order valence-corrected chi connectivity index (χ1v) is 8.10. The second-order valence-electron chi connectivity index (χ2n) is 7.52. The lowest BCUT2D eigenvalue weighted by Crippen LogP contribution is -2.53. The Morgan fingerprint density at radius 1 is 1.29 bits per heavy atom. The average molecular weight is 343 g/mol. The number of alkyl halides is 3. The summed E-state index contributed by atoms with van der Waals surface area (Å²) in [5.74, 6) is 0.485. The van der Waals surface area contributed by atoms with Crippen LogP contribution in [0.15, 0.2) is 24.3 Å². The summed E-state index contributed by atoms with van der Waals surface area (Å²) in [7, 11) is 0. The fourth-order valence-corrected chi connectivity index (χ4v) is 2.76. The van der Waals surface area contributed by atoms with Crippen LogP contribution in [0.25, 0.3) is 0 Å². The van der Waals surface area contributed by atoms with Gasteiger partial charge in [0.05, 0.1) is 5.56 Å². The summed E-state index contributed by atoms with van der Waals surface area (Å²) in [5, 5.41) is 0. The van der Waals surface area contributed by atoms with E-state index in [1.807, 2.05) is 27.7 Å². The number of benzene rings is 1. The molecule has 1 heterocycles. The number of rotatable bonds is 3. The maximum absolute atomic E-state index is 12.8. The van der Waals surface area contributed by atoms with Crippen molar-refractivity contribution in [3.8, 4) is 0 Å². The van der Waals surface area contributed by atoms with Gasteiger partial charge in [-0.25, -0.2) is 4.79 Å². The average Bonchev–Trinajstić information content (AvgIpc) is 2.33. The third-order valence-electron chi connectivity index (χ3n) is 4.18. The number of carbonyl (C=O) groups excluding carboxylic acids is 1. The minimum atomic E-state index is -4.32. The summed E-state index contributed by atoms with van der Waals surface area (Å²) in [6, 6.07) is 5.46. The van der Waals surface area contributed by atoms with Gasteiger partial charge in [0.2, 0.25) is 0 Å². The number of nitrogens with zero attached hydrogens (tertiary/aromatic N) is 1. The Labute approximate surface area is 140 Å². The molecule has 1 fully saturated rings. The topological polar surface area (TPSA) is 29.5 Å². The van der Waals surface area contributed by atoms with Gasteiger partial charge in [0.15, 0.2) is 0 Å². The van der Waals surface area contributed by atoms with E-state index in [9.17, 15) is 18.0 Å². The zero-order chi connectivity index (χ0) is 18.1. The standard InChI is InChI=1S/C18H24F3NO2/c1-12(8-13-6-5-7-15(9-13)18(19,20)21)14-10-22(11-14)16(23)24-17(2,3)4/h5-7,9,12,14H,8,10-11H2,1-4H3. The first-order chi connectivity index (χ1) is 11.0. The first-order valence-electron chi connectivity index (χ1n) is 8.10. The molecular weight excluding hydrogens is 319 g/mol. The van der Waals surface area contributed by atoms with Crippen molar-refractivity contribution in [1.29, 1.82) is 0 Å². The Balaban J connectivity index is 1.87. The molecule has 24 heavy (non-hydrogen) atoms. The van der Waals surface area contributed by atoms with E-state index in [2.05, 4.69) is 0 Å². The van der Waals surface area contributed by atoms with Gasteiger partial charge in [0.25, 0.3) is 0 Å². The molecular formula is C18H24F3NO2. The molecule has 0 radical (unpaired) electrons. The SMILES string of the molecule is CC(Cc1cccc(C(F)(F)F)c1)C1CN(C(=O)OC(C)(C)C)C1. The van der Waals surface area contributed by atoms with E-state index in [0.717, 1.165) is 6.07 Å². The summed E-state index contributed by atoms with van der Waals surface area (Å²) in [6.45, 7) is 8.65. The van der Waals surface area contributed by atoms with Crippen LogP contribution in [0.4, 0.5) is 18.0 Å². The molecule has 0 spiro atoms. The van der Waals surface area contributed by atoms with Crippen molar-refractivity contribution in [2.45, 2.75) is 45.9 Å². The number of likely N-dealkylation sites (tertiary alicyclic amines) is 1. The zero-order valence-electron chi connectivity index (χ0n) is 14.5. The van der Waals surface area contributed by atoms with E-state index in [1.54, 1.807) is 11.0 Å². The lowest BCUT2D eigenvalue weighted by atomic mass is 9.83. The predicted octanol–water partition coefficient (Wildman–Crippen LogP) is 4.75. The molecule has 2 rings (SSSR count). The highest BCUT2D eigenvalue weighted by Gasteiger charge is 2.36. The van der Waals surface area contributed by atoms with Crippen molar-refractivity contribution in [1.82, 2.24) is 4.90 Å². The van der Waals surface area contributed by atoms with E-state index in [0.29, 0.717) is 25.1 Å². The Kier molecular flexibility index (Phi) is 5.16. The summed E-state index contributed by atoms with van der Waals surface area (Å²) in [5.41, 5.74) is -0.463. The molecule has 0 N–H and O–H groups in total. The van der Waals surface area contributed by atoms with Crippen LogP contribution in [0, 0.1) is 11.8 Å². The van der Waals surface area contributed by atoms with Gasteiger partial charge in [0.1, 0.15) is 5.60 Å². The van der Waals surface area contributed by atoms with Crippen LogP contribution in [0.5, 0.6) is 0 Å². The number of hydrogen-bond donors (Lipinski definition) is 0. The minimum absolute atomic E-state index is 0.201. The highest BCUT2D eigenvalue weighted by Crippen LogP contribution is 2.32. The van der Waals surface area contributed by atoms with E-state index in [-0.39, 0.29) is 17.9 Å². The van der Waals surface area contributed by atoms with E-state index < -0.39 is 17.3 Å². The quantitative estimate of drug-likeness (QED) is 0.792. The molecule has 1 aliphatic heterocycles. The molecule has 134 valence electrons. The van der Waals surface area contributed by atoms with Crippen LogP contribution in [0.2, 0.25) is 0 Å². The molecule has 1 amide bonds. The lowest BCUT2D eigenvalue weighted by Gasteiger charge is -2.42. The Bertz CT molecular complexity index is 587. The van der Waals surface area contributed by atoms with Gasteiger partial charge in [0, 0.05) is 13.1 Å². The maximum Gasteiger partial charge on any atom is 0.416 e. The van der Waals surface area contributed by atoms with Gasteiger partial charge in [-0.05, 0) is 50.7 Å². The predicted molar refractivity (Wildman–Crippen MR) is 85.6 cm³/mol. The molecule has 0 saturated carbocycles. The monoisotopic (exact) mass is 343 g/mol. The van der Waals surface area contributed by atoms with Gasteiger partial charge in [-0.1, -0.05) is 25.1 Å².